The second-order valence-corrected chi connectivity index (χ2v) is 7.01. The van der Waals surface area contributed by atoms with Crippen LogP contribution in [-0.2, 0) is 20.7 Å². The molecule has 0 aromatic heterocycles. The van der Waals surface area contributed by atoms with E-state index in [0.29, 0.717) is 45.6 Å². The van der Waals surface area contributed by atoms with Crippen LogP contribution in [0.1, 0.15) is 18.4 Å². The Labute approximate surface area is 153 Å². The highest BCUT2D eigenvalue weighted by atomic mass is 16.5. The second-order valence-electron chi connectivity index (χ2n) is 7.01. The van der Waals surface area contributed by atoms with Gasteiger partial charge in [0.15, 0.2) is 0 Å². The number of hydrogen-bond donors (Lipinski definition) is 2. The summed E-state index contributed by atoms with van der Waals surface area (Å²) < 4.78 is 10.9. The number of ether oxygens (including phenoxy) is 2. The number of nitrogens with zero attached hydrogens (tertiary/aromatic N) is 1. The Morgan fingerprint density at radius 3 is 2.73 bits per heavy atom. The van der Waals surface area contributed by atoms with Crippen molar-refractivity contribution in [2.24, 2.45) is 5.41 Å². The van der Waals surface area contributed by atoms with E-state index in [1.54, 1.807) is 4.90 Å². The number of nitrogens with one attached hydrogen (secondary N) is 1. The molecule has 0 aliphatic carbocycles. The van der Waals surface area contributed by atoms with Gasteiger partial charge in [-0.15, -0.1) is 0 Å². The Kier molecular flexibility index (Phi) is 6.11. The number of carbonyl (C=O) groups is 2. The van der Waals surface area contributed by atoms with Gasteiger partial charge in [0.25, 0.3) is 0 Å². The van der Waals surface area contributed by atoms with Gasteiger partial charge in [0.2, 0.25) is 0 Å². The molecule has 0 bridgehead atoms. The minimum Gasteiger partial charge on any atom is -0.481 e. The number of carboxylic acids is 1. The Bertz CT molecular complexity index is 616. The predicted molar refractivity (Wildman–Crippen MR) is 95.0 cm³/mol. The van der Waals surface area contributed by atoms with Crippen molar-refractivity contribution >= 4 is 12.0 Å². The van der Waals surface area contributed by atoms with Crippen molar-refractivity contribution in [2.75, 3.05) is 39.5 Å². The maximum Gasteiger partial charge on any atom is 0.317 e. The summed E-state index contributed by atoms with van der Waals surface area (Å²) in [5.74, 6) is -0.916. The molecule has 3 rings (SSSR count). The van der Waals surface area contributed by atoms with E-state index in [1.165, 1.54) is 0 Å². The number of urea groups is 1. The fourth-order valence-corrected chi connectivity index (χ4v) is 3.56. The van der Waals surface area contributed by atoms with Crippen LogP contribution in [-0.4, -0.2) is 67.6 Å². The minimum absolute atomic E-state index is 0.0606. The lowest BCUT2D eigenvalue weighted by Gasteiger charge is -2.38. The summed E-state index contributed by atoms with van der Waals surface area (Å²) in [5.41, 5.74) is 0.110. The zero-order valence-electron chi connectivity index (χ0n) is 14.9. The molecule has 1 aromatic carbocycles. The smallest absolute Gasteiger partial charge is 0.317 e. The van der Waals surface area contributed by atoms with Crippen LogP contribution in [0.5, 0.6) is 0 Å². The van der Waals surface area contributed by atoms with Crippen LogP contribution in [0, 0.1) is 5.41 Å². The zero-order chi connectivity index (χ0) is 18.4. The molecular formula is C19H26N2O5. The Balaban J connectivity index is 1.62. The number of morpholine rings is 1. The number of carboxylic acid groups (broad SMARTS) is 1. The first-order chi connectivity index (χ1) is 12.6. The predicted octanol–water partition coefficient (Wildman–Crippen LogP) is 1.52. The molecule has 2 saturated heterocycles. The fraction of sp³-hybridized carbons (Fsp3) is 0.579. The first-order valence-corrected chi connectivity index (χ1v) is 9.08. The fourth-order valence-electron chi connectivity index (χ4n) is 3.56. The van der Waals surface area contributed by atoms with Gasteiger partial charge in [0.05, 0.1) is 25.9 Å². The molecule has 1 aromatic rings. The van der Waals surface area contributed by atoms with E-state index < -0.39 is 11.4 Å². The van der Waals surface area contributed by atoms with Gasteiger partial charge in [0, 0.05) is 19.7 Å². The summed E-state index contributed by atoms with van der Waals surface area (Å²) in [6, 6.07) is 9.68. The molecule has 2 aliphatic rings. The number of amides is 2. The monoisotopic (exact) mass is 362 g/mol. The molecule has 2 unspecified atom stereocenters. The van der Waals surface area contributed by atoms with Crippen molar-refractivity contribution in [3.63, 3.8) is 0 Å². The Morgan fingerprint density at radius 2 is 2.04 bits per heavy atom. The minimum atomic E-state index is -1.03. The molecule has 26 heavy (non-hydrogen) atoms. The third-order valence-electron chi connectivity index (χ3n) is 5.16. The SMILES string of the molecule is O=C(NCC1(C(=O)O)CCCOC1)N1CCOCC1Cc1ccccc1. The van der Waals surface area contributed by atoms with Gasteiger partial charge in [-0.25, -0.2) is 4.79 Å². The number of hydrogen-bond acceptors (Lipinski definition) is 4. The van der Waals surface area contributed by atoms with Gasteiger partial charge in [-0.2, -0.15) is 0 Å². The lowest BCUT2D eigenvalue weighted by molar-refractivity contribution is -0.156. The first kappa shape index (κ1) is 18.7. The van der Waals surface area contributed by atoms with E-state index in [9.17, 15) is 14.7 Å². The third-order valence-corrected chi connectivity index (χ3v) is 5.16. The summed E-state index contributed by atoms with van der Waals surface area (Å²) in [4.78, 5) is 26.2. The normalized spacial score (nSPS) is 26.3. The summed E-state index contributed by atoms with van der Waals surface area (Å²) in [6.45, 7) is 2.27. The van der Waals surface area contributed by atoms with E-state index >= 15 is 0 Å². The van der Waals surface area contributed by atoms with Crippen LogP contribution in [0.3, 0.4) is 0 Å². The highest BCUT2D eigenvalue weighted by Crippen LogP contribution is 2.28. The molecule has 7 heteroatoms. The summed E-state index contributed by atoms with van der Waals surface area (Å²) in [7, 11) is 0. The molecule has 0 spiro atoms. The molecule has 142 valence electrons. The number of benzene rings is 1. The molecule has 0 radical (unpaired) electrons. The van der Waals surface area contributed by atoms with E-state index in [0.717, 1.165) is 5.56 Å². The van der Waals surface area contributed by atoms with Crippen LogP contribution in [0.15, 0.2) is 30.3 Å². The largest absolute Gasteiger partial charge is 0.481 e. The standard InChI is InChI=1S/C19H26N2O5/c22-17(23)19(7-4-9-26-14-19)13-20-18(24)21-8-10-25-12-16(21)11-15-5-2-1-3-6-15/h1-3,5-6,16H,4,7-14H2,(H,20,24)(H,22,23). The number of aliphatic carboxylic acids is 1. The van der Waals surface area contributed by atoms with Crippen molar-refractivity contribution in [2.45, 2.75) is 25.3 Å². The molecule has 2 fully saturated rings. The highest BCUT2D eigenvalue weighted by Gasteiger charge is 2.41. The van der Waals surface area contributed by atoms with Crippen LogP contribution in [0.2, 0.25) is 0 Å². The van der Waals surface area contributed by atoms with Crippen molar-refractivity contribution in [1.29, 1.82) is 0 Å². The van der Waals surface area contributed by atoms with Crippen molar-refractivity contribution < 1.29 is 24.2 Å². The van der Waals surface area contributed by atoms with E-state index in [1.807, 2.05) is 30.3 Å². The van der Waals surface area contributed by atoms with Crippen molar-refractivity contribution in [3.8, 4) is 0 Å². The van der Waals surface area contributed by atoms with E-state index in [-0.39, 0.29) is 25.2 Å². The van der Waals surface area contributed by atoms with Crippen LogP contribution in [0.4, 0.5) is 4.79 Å². The second kappa shape index (κ2) is 8.51. The molecule has 2 N–H and O–H groups in total. The molecule has 7 nitrogen and oxygen atoms in total. The molecular weight excluding hydrogens is 336 g/mol. The summed E-state index contributed by atoms with van der Waals surface area (Å²) >= 11 is 0. The Hall–Kier alpha value is -2.12. The first-order valence-electron chi connectivity index (χ1n) is 9.08. The van der Waals surface area contributed by atoms with Crippen molar-refractivity contribution in [3.05, 3.63) is 35.9 Å². The van der Waals surface area contributed by atoms with E-state index in [2.05, 4.69) is 5.32 Å². The quantitative estimate of drug-likeness (QED) is 0.829. The van der Waals surface area contributed by atoms with Gasteiger partial charge in [-0.05, 0) is 24.8 Å². The molecule has 2 heterocycles. The van der Waals surface area contributed by atoms with Gasteiger partial charge in [-0.3, -0.25) is 4.79 Å². The molecule has 0 saturated carbocycles. The summed E-state index contributed by atoms with van der Waals surface area (Å²) in [6.07, 6.45) is 1.91. The average molecular weight is 362 g/mol. The van der Waals surface area contributed by atoms with Gasteiger partial charge in [-0.1, -0.05) is 30.3 Å². The topological polar surface area (TPSA) is 88.1 Å². The average Bonchev–Trinajstić information content (AvgIpc) is 2.68. The molecule has 2 aliphatic heterocycles. The van der Waals surface area contributed by atoms with Gasteiger partial charge >= 0.3 is 12.0 Å². The van der Waals surface area contributed by atoms with Crippen LogP contribution < -0.4 is 5.32 Å². The lowest BCUT2D eigenvalue weighted by atomic mass is 9.82. The highest BCUT2D eigenvalue weighted by molar-refractivity contribution is 5.78. The van der Waals surface area contributed by atoms with Gasteiger partial charge < -0.3 is 24.8 Å². The third kappa shape index (κ3) is 4.34. The molecule has 2 atom stereocenters. The van der Waals surface area contributed by atoms with E-state index in [4.69, 9.17) is 9.47 Å². The summed E-state index contributed by atoms with van der Waals surface area (Å²) in [5, 5.41) is 12.4. The maximum absolute atomic E-state index is 12.7. The van der Waals surface area contributed by atoms with Crippen LogP contribution in [0.25, 0.3) is 0 Å². The van der Waals surface area contributed by atoms with Gasteiger partial charge in [0.1, 0.15) is 5.41 Å². The molecule has 2 amide bonds. The number of carbonyl (C=O) groups excluding carboxylic acids is 1. The number of rotatable bonds is 5. The zero-order valence-corrected chi connectivity index (χ0v) is 14.9. The maximum atomic E-state index is 12.7. The lowest BCUT2D eigenvalue weighted by Crippen LogP contribution is -2.56. The van der Waals surface area contributed by atoms with Crippen molar-refractivity contribution in [1.82, 2.24) is 10.2 Å². The Morgan fingerprint density at radius 1 is 1.23 bits per heavy atom. The van der Waals surface area contributed by atoms with Crippen LogP contribution >= 0.6 is 0 Å².